The molecule has 0 spiro atoms. The number of nitro benzene ring substituents is 1. The van der Waals surface area contributed by atoms with Crippen molar-refractivity contribution in [3.8, 4) is 5.75 Å². The van der Waals surface area contributed by atoms with E-state index in [0.717, 1.165) is 5.56 Å². The highest BCUT2D eigenvalue weighted by Gasteiger charge is 2.29. The molecule has 4 rings (SSSR count). The molecule has 0 N–H and O–H groups in total. The van der Waals surface area contributed by atoms with Gasteiger partial charge < -0.3 is 14.5 Å². The van der Waals surface area contributed by atoms with Crippen LogP contribution in [0.2, 0.25) is 0 Å². The molecule has 0 aliphatic carbocycles. The molecule has 2 heterocycles. The molecule has 2 aliphatic heterocycles. The lowest BCUT2D eigenvalue weighted by Gasteiger charge is -2.29. The number of carbonyl (C=O) groups is 2. The maximum atomic E-state index is 12.7. The molecule has 138 valence electrons. The Bertz CT molecular complexity index is 943. The monoisotopic (exact) mass is 367 g/mol. The molecule has 0 unspecified atom stereocenters. The Labute approximate surface area is 155 Å². The highest BCUT2D eigenvalue weighted by atomic mass is 16.6. The van der Waals surface area contributed by atoms with Crippen molar-refractivity contribution < 1.29 is 19.2 Å². The number of carbonyl (C=O) groups excluding carboxylic acids is 2. The third-order valence-corrected chi connectivity index (χ3v) is 4.83. The van der Waals surface area contributed by atoms with Crippen molar-refractivity contribution in [3.63, 3.8) is 0 Å². The number of non-ortho nitro benzene ring substituents is 1. The van der Waals surface area contributed by atoms with Crippen molar-refractivity contribution in [2.24, 2.45) is 0 Å². The first-order chi connectivity index (χ1) is 13.0. The minimum Gasteiger partial charge on any atom is -0.482 e. The van der Waals surface area contributed by atoms with Crippen LogP contribution in [0.15, 0.2) is 42.5 Å². The lowest BCUT2D eigenvalue weighted by Crippen LogP contribution is -2.41. The van der Waals surface area contributed by atoms with E-state index in [0.29, 0.717) is 30.1 Å². The summed E-state index contributed by atoms with van der Waals surface area (Å²) in [6, 6.07) is 11.8. The molecule has 2 aliphatic rings. The van der Waals surface area contributed by atoms with Gasteiger partial charge in [0.15, 0.2) is 6.61 Å². The molecule has 2 aromatic rings. The highest BCUT2D eigenvalue weighted by Crippen LogP contribution is 2.33. The van der Waals surface area contributed by atoms with Crippen molar-refractivity contribution in [1.29, 1.82) is 0 Å². The van der Waals surface area contributed by atoms with Gasteiger partial charge in [-0.05, 0) is 30.2 Å². The van der Waals surface area contributed by atoms with Gasteiger partial charge in [-0.25, -0.2) is 0 Å². The molecule has 0 radical (unpaired) electrons. The second-order valence-corrected chi connectivity index (χ2v) is 6.42. The SMILES string of the molecule is O=C(CCN1C(=O)COc2ccccc21)N1CCc2cc([N+](=O)[O-])ccc21. The van der Waals surface area contributed by atoms with Gasteiger partial charge in [-0.15, -0.1) is 0 Å². The summed E-state index contributed by atoms with van der Waals surface area (Å²) in [6.45, 7) is 0.710. The molecule has 8 heteroatoms. The van der Waals surface area contributed by atoms with Crippen LogP contribution in [0.3, 0.4) is 0 Å². The molecule has 0 aromatic heterocycles. The summed E-state index contributed by atoms with van der Waals surface area (Å²) in [5, 5.41) is 10.9. The van der Waals surface area contributed by atoms with Crippen molar-refractivity contribution >= 4 is 28.9 Å². The lowest BCUT2D eigenvalue weighted by molar-refractivity contribution is -0.384. The third kappa shape index (κ3) is 3.10. The summed E-state index contributed by atoms with van der Waals surface area (Å²) >= 11 is 0. The van der Waals surface area contributed by atoms with Crippen LogP contribution in [-0.4, -0.2) is 36.4 Å². The number of fused-ring (bicyclic) bond motifs is 2. The molecule has 27 heavy (non-hydrogen) atoms. The maximum Gasteiger partial charge on any atom is 0.269 e. The molecular weight excluding hydrogens is 350 g/mol. The van der Waals surface area contributed by atoms with E-state index in [1.807, 2.05) is 12.1 Å². The van der Waals surface area contributed by atoms with Gasteiger partial charge in [0.2, 0.25) is 5.91 Å². The van der Waals surface area contributed by atoms with Crippen LogP contribution in [-0.2, 0) is 16.0 Å². The van der Waals surface area contributed by atoms with Gasteiger partial charge in [-0.3, -0.25) is 19.7 Å². The molecule has 8 nitrogen and oxygen atoms in total. The van der Waals surface area contributed by atoms with Crippen molar-refractivity contribution in [3.05, 3.63) is 58.1 Å². The number of benzene rings is 2. The first-order valence-corrected chi connectivity index (χ1v) is 8.64. The van der Waals surface area contributed by atoms with Gasteiger partial charge in [-0.1, -0.05) is 12.1 Å². The number of ether oxygens (including phenoxy) is 1. The van der Waals surface area contributed by atoms with E-state index in [1.165, 1.54) is 12.1 Å². The van der Waals surface area contributed by atoms with E-state index in [-0.39, 0.29) is 37.1 Å². The number of anilines is 2. The van der Waals surface area contributed by atoms with E-state index < -0.39 is 4.92 Å². The zero-order chi connectivity index (χ0) is 19.0. The average Bonchev–Trinajstić information content (AvgIpc) is 3.10. The Kier molecular flexibility index (Phi) is 4.23. The molecule has 2 amide bonds. The smallest absolute Gasteiger partial charge is 0.269 e. The number of hydrogen-bond donors (Lipinski definition) is 0. The summed E-state index contributed by atoms with van der Waals surface area (Å²) < 4.78 is 5.41. The molecule has 2 aromatic carbocycles. The zero-order valence-corrected chi connectivity index (χ0v) is 14.5. The van der Waals surface area contributed by atoms with Crippen LogP contribution in [0.5, 0.6) is 5.75 Å². The molecule has 0 saturated heterocycles. The number of rotatable bonds is 4. The number of amides is 2. The molecule has 0 fully saturated rings. The molecule has 0 saturated carbocycles. The Morgan fingerprint density at radius 2 is 2.00 bits per heavy atom. The Morgan fingerprint density at radius 3 is 2.81 bits per heavy atom. The maximum absolute atomic E-state index is 12.7. The van der Waals surface area contributed by atoms with Crippen LogP contribution < -0.4 is 14.5 Å². The topological polar surface area (TPSA) is 93.0 Å². The quantitative estimate of drug-likeness (QED) is 0.611. The van der Waals surface area contributed by atoms with Crippen molar-refractivity contribution in [2.45, 2.75) is 12.8 Å². The van der Waals surface area contributed by atoms with Crippen LogP contribution in [0.1, 0.15) is 12.0 Å². The van der Waals surface area contributed by atoms with Gasteiger partial charge in [0.25, 0.3) is 11.6 Å². The summed E-state index contributed by atoms with van der Waals surface area (Å²) in [5.41, 5.74) is 2.20. The predicted octanol–water partition coefficient (Wildman–Crippen LogP) is 2.30. The number of nitro groups is 1. The molecule has 0 bridgehead atoms. The van der Waals surface area contributed by atoms with Crippen LogP contribution >= 0.6 is 0 Å². The lowest BCUT2D eigenvalue weighted by atomic mass is 10.1. The van der Waals surface area contributed by atoms with Crippen LogP contribution in [0.4, 0.5) is 17.1 Å². The second-order valence-electron chi connectivity index (χ2n) is 6.42. The Hall–Kier alpha value is -3.42. The van der Waals surface area contributed by atoms with Gasteiger partial charge >= 0.3 is 0 Å². The van der Waals surface area contributed by atoms with E-state index in [2.05, 4.69) is 0 Å². The standard InChI is InChI=1S/C19H17N3O5/c23-18(20-9-7-13-11-14(22(25)26)5-6-15(13)20)8-10-21-16-3-1-2-4-17(16)27-12-19(21)24/h1-6,11H,7-10,12H2. The second kappa shape index (κ2) is 6.71. The summed E-state index contributed by atoms with van der Waals surface area (Å²) in [7, 11) is 0. The van der Waals surface area contributed by atoms with Gasteiger partial charge in [0.05, 0.1) is 10.6 Å². The van der Waals surface area contributed by atoms with Crippen molar-refractivity contribution in [2.75, 3.05) is 29.5 Å². The first kappa shape index (κ1) is 17.0. The van der Waals surface area contributed by atoms with Gasteiger partial charge in [0, 0.05) is 37.3 Å². The average molecular weight is 367 g/mol. The van der Waals surface area contributed by atoms with E-state index >= 15 is 0 Å². The third-order valence-electron chi connectivity index (χ3n) is 4.83. The Balaban J connectivity index is 1.47. The summed E-state index contributed by atoms with van der Waals surface area (Å²) in [6.07, 6.45) is 0.749. The van der Waals surface area contributed by atoms with E-state index in [1.54, 1.807) is 28.0 Å². The van der Waals surface area contributed by atoms with Crippen LogP contribution in [0, 0.1) is 10.1 Å². The fourth-order valence-electron chi connectivity index (χ4n) is 3.50. The van der Waals surface area contributed by atoms with Crippen LogP contribution in [0.25, 0.3) is 0 Å². The number of hydrogen-bond acceptors (Lipinski definition) is 5. The summed E-state index contributed by atoms with van der Waals surface area (Å²) in [4.78, 5) is 38.6. The van der Waals surface area contributed by atoms with Gasteiger partial charge in [-0.2, -0.15) is 0 Å². The predicted molar refractivity (Wildman–Crippen MR) is 98.1 cm³/mol. The normalized spacial score (nSPS) is 15.2. The minimum absolute atomic E-state index is 0.0265. The number of nitrogens with zero attached hydrogens (tertiary/aromatic N) is 3. The van der Waals surface area contributed by atoms with Gasteiger partial charge in [0.1, 0.15) is 5.75 Å². The fraction of sp³-hybridized carbons (Fsp3) is 0.263. The number of para-hydroxylation sites is 2. The fourth-order valence-corrected chi connectivity index (χ4v) is 3.50. The minimum atomic E-state index is -0.438. The van der Waals surface area contributed by atoms with E-state index in [9.17, 15) is 19.7 Å². The first-order valence-electron chi connectivity index (χ1n) is 8.64. The molecule has 0 atom stereocenters. The largest absolute Gasteiger partial charge is 0.482 e. The molecular formula is C19H17N3O5. The Morgan fingerprint density at radius 1 is 1.19 bits per heavy atom. The van der Waals surface area contributed by atoms with E-state index in [4.69, 9.17) is 4.74 Å². The van der Waals surface area contributed by atoms with Crippen molar-refractivity contribution in [1.82, 2.24) is 0 Å². The summed E-state index contributed by atoms with van der Waals surface area (Å²) in [5.74, 6) is 0.335. The zero-order valence-electron chi connectivity index (χ0n) is 14.5. The highest BCUT2D eigenvalue weighted by molar-refractivity contribution is 6.00.